The summed E-state index contributed by atoms with van der Waals surface area (Å²) >= 11 is 0. The molecule has 1 heterocycles. The van der Waals surface area contributed by atoms with Crippen LogP contribution in [0.25, 0.3) is 0 Å². The van der Waals surface area contributed by atoms with Crippen LogP contribution in [0.5, 0.6) is 0 Å². The van der Waals surface area contributed by atoms with E-state index in [9.17, 15) is 0 Å². The van der Waals surface area contributed by atoms with Gasteiger partial charge in [-0.15, -0.1) is 0 Å². The second kappa shape index (κ2) is 3.40. The molecule has 1 saturated heterocycles. The molecule has 2 atom stereocenters. The van der Waals surface area contributed by atoms with Crippen LogP contribution in [0.3, 0.4) is 0 Å². The number of fused-ring (bicyclic) bond motifs is 1. The largest absolute Gasteiger partial charge is 0.492 e. The Bertz CT molecular complexity index is 278. The molecule has 1 unspecified atom stereocenters. The molecule has 3 N–H and O–H groups in total. The van der Waals surface area contributed by atoms with Crippen molar-refractivity contribution in [2.45, 2.75) is 18.7 Å². The summed E-state index contributed by atoms with van der Waals surface area (Å²) in [7, 11) is -0.0508. The highest BCUT2D eigenvalue weighted by molar-refractivity contribution is 5.27. The molecule has 0 spiro atoms. The lowest BCUT2D eigenvalue weighted by molar-refractivity contribution is -0.0290. The van der Waals surface area contributed by atoms with Crippen molar-refractivity contribution in [1.29, 1.82) is 0 Å². The molecule has 4 heteroatoms. The normalized spacial score (nSPS) is 33.7. The second-order valence-electron chi connectivity index (χ2n) is 3.17. The average Bonchev–Trinajstić information content (AvgIpc) is 2.19. The summed E-state index contributed by atoms with van der Waals surface area (Å²) in [5.41, 5.74) is 6.40. The maximum Gasteiger partial charge on any atom is 0.142 e. The predicted octanol–water partition coefficient (Wildman–Crippen LogP) is 0.0775. The molecule has 1 aliphatic heterocycles. The van der Waals surface area contributed by atoms with E-state index in [1.807, 2.05) is 12.2 Å². The van der Waals surface area contributed by atoms with Gasteiger partial charge in [0.1, 0.15) is 18.6 Å². The van der Waals surface area contributed by atoms with Gasteiger partial charge in [-0.25, -0.2) is 0 Å². The van der Waals surface area contributed by atoms with E-state index in [1.54, 1.807) is 0 Å². The van der Waals surface area contributed by atoms with Crippen LogP contribution in [-0.4, -0.2) is 26.0 Å². The zero-order valence-electron chi connectivity index (χ0n) is 8.32. The number of morpholine rings is 1. The highest BCUT2D eigenvalue weighted by Crippen LogP contribution is 2.21. The number of nitrogens with two attached hydrogens (primary N) is 1. The molecule has 0 radical (unpaired) electrons. The van der Waals surface area contributed by atoms with Gasteiger partial charge < -0.3 is 15.2 Å². The third kappa shape index (κ3) is 1.68. The summed E-state index contributed by atoms with van der Waals surface area (Å²) in [6, 6.07) is 0.146. The maximum absolute atomic E-state index is 6.94. The minimum absolute atomic E-state index is 0.0508. The van der Waals surface area contributed by atoms with Crippen LogP contribution in [0.15, 0.2) is 23.6 Å². The van der Waals surface area contributed by atoms with E-state index in [0.29, 0.717) is 6.61 Å². The lowest BCUT2D eigenvalue weighted by Gasteiger charge is -2.33. The zero-order valence-corrected chi connectivity index (χ0v) is 7.32. The van der Waals surface area contributed by atoms with Gasteiger partial charge >= 0.3 is 0 Å². The Kier molecular flexibility index (Phi) is 1.93. The molecule has 0 aromatic heterocycles. The van der Waals surface area contributed by atoms with Crippen molar-refractivity contribution < 1.29 is 10.8 Å². The first kappa shape index (κ1) is 7.41. The average molecular weight is 183 g/mol. The molecule has 1 fully saturated rings. The number of hydrogen-bond donors (Lipinski definition) is 2. The number of hydrogen-bond acceptors (Lipinski definition) is 4. The van der Waals surface area contributed by atoms with Gasteiger partial charge in [0.15, 0.2) is 0 Å². The third-order valence-electron chi connectivity index (χ3n) is 2.23. The highest BCUT2D eigenvalue weighted by Gasteiger charge is 2.27. The van der Waals surface area contributed by atoms with Crippen LogP contribution in [-0.2, 0) is 9.47 Å². The number of methoxy groups -OCH3 is 1. The standard InChI is InChI=1S/C9H14N2O2/c1-12-9-5-13-8-4-6(10)2-3-7(8)11-9/h2,4,7,9,11H,3,5,10H2,1H3/t7?,9-/m0/s1/i1D. The Morgan fingerprint density at radius 3 is 3.62 bits per heavy atom. The Morgan fingerprint density at radius 2 is 2.77 bits per heavy atom. The van der Waals surface area contributed by atoms with E-state index >= 15 is 0 Å². The van der Waals surface area contributed by atoms with Gasteiger partial charge in [0.25, 0.3) is 0 Å². The molecule has 0 amide bonds. The molecule has 0 saturated carbocycles. The summed E-state index contributed by atoms with van der Waals surface area (Å²) in [6.07, 6.45) is 4.42. The summed E-state index contributed by atoms with van der Waals surface area (Å²) in [4.78, 5) is 0. The fourth-order valence-corrected chi connectivity index (χ4v) is 1.53. The topological polar surface area (TPSA) is 56.5 Å². The molecule has 72 valence electrons. The molecule has 0 bridgehead atoms. The van der Waals surface area contributed by atoms with Crippen molar-refractivity contribution in [1.82, 2.24) is 5.32 Å². The van der Waals surface area contributed by atoms with E-state index < -0.39 is 0 Å². The smallest absolute Gasteiger partial charge is 0.142 e. The first-order chi connectivity index (χ1) is 6.79. The van der Waals surface area contributed by atoms with Crippen LogP contribution in [0, 0.1) is 0 Å². The summed E-state index contributed by atoms with van der Waals surface area (Å²) in [5, 5.41) is 3.24. The van der Waals surface area contributed by atoms with Crippen LogP contribution in [0.1, 0.15) is 7.79 Å². The lowest BCUT2D eigenvalue weighted by atomic mass is 10.0. The zero-order chi connectivity index (χ0) is 9.97. The molecule has 2 rings (SSSR count). The van der Waals surface area contributed by atoms with E-state index in [-0.39, 0.29) is 19.4 Å². The van der Waals surface area contributed by atoms with E-state index in [1.165, 1.54) is 0 Å². The molecule has 1 aliphatic carbocycles. The molecular weight excluding hydrogens is 168 g/mol. The van der Waals surface area contributed by atoms with Crippen molar-refractivity contribution in [2.75, 3.05) is 13.7 Å². The van der Waals surface area contributed by atoms with Gasteiger partial charge in [0.05, 0.1) is 7.41 Å². The van der Waals surface area contributed by atoms with Crippen molar-refractivity contribution in [3.8, 4) is 0 Å². The first-order valence-electron chi connectivity index (χ1n) is 4.97. The summed E-state index contributed by atoms with van der Waals surface area (Å²) in [5.74, 6) is 0.870. The van der Waals surface area contributed by atoms with Gasteiger partial charge in [-0.3, -0.25) is 5.32 Å². The quantitative estimate of drug-likeness (QED) is 0.604. The fourth-order valence-electron chi connectivity index (χ4n) is 1.53. The fraction of sp³-hybridized carbons (Fsp3) is 0.556. The van der Waals surface area contributed by atoms with Gasteiger partial charge in [-0.2, -0.15) is 0 Å². The summed E-state index contributed by atoms with van der Waals surface area (Å²) in [6.45, 7) is 0.439. The van der Waals surface area contributed by atoms with Gasteiger partial charge in [-0.05, 0) is 6.42 Å². The van der Waals surface area contributed by atoms with Crippen molar-refractivity contribution >= 4 is 0 Å². The Hall–Kier alpha value is -1.00. The number of rotatable bonds is 1. The molecular formula is C9H14N2O2. The number of ether oxygens (including phenoxy) is 2. The van der Waals surface area contributed by atoms with Gasteiger partial charge in [-0.1, -0.05) is 6.08 Å². The predicted molar refractivity (Wildman–Crippen MR) is 48.6 cm³/mol. The van der Waals surface area contributed by atoms with Gasteiger partial charge in [0.2, 0.25) is 0 Å². The molecule has 0 aromatic carbocycles. The minimum Gasteiger partial charge on any atom is -0.492 e. The Labute approximate surface area is 78.8 Å². The van der Waals surface area contributed by atoms with Crippen LogP contribution in [0.2, 0.25) is 0 Å². The lowest BCUT2D eigenvalue weighted by Crippen LogP contribution is -2.49. The molecule has 0 aromatic rings. The van der Waals surface area contributed by atoms with Crippen molar-refractivity contribution in [2.24, 2.45) is 5.73 Å². The van der Waals surface area contributed by atoms with Crippen LogP contribution in [0.4, 0.5) is 0 Å². The van der Waals surface area contributed by atoms with Crippen molar-refractivity contribution in [3.05, 3.63) is 23.6 Å². The minimum atomic E-state index is -0.178. The van der Waals surface area contributed by atoms with Crippen molar-refractivity contribution in [3.63, 3.8) is 0 Å². The highest BCUT2D eigenvalue weighted by atomic mass is 16.5. The number of allylic oxidation sites excluding steroid dienone is 1. The maximum atomic E-state index is 6.94. The summed E-state index contributed by atoms with van der Waals surface area (Å²) < 4.78 is 17.5. The van der Waals surface area contributed by atoms with E-state index in [2.05, 4.69) is 5.32 Å². The Morgan fingerprint density at radius 1 is 1.85 bits per heavy atom. The van der Waals surface area contributed by atoms with Crippen LogP contribution >= 0.6 is 0 Å². The van der Waals surface area contributed by atoms with E-state index in [0.717, 1.165) is 17.9 Å². The van der Waals surface area contributed by atoms with Crippen LogP contribution < -0.4 is 11.1 Å². The molecule has 4 nitrogen and oxygen atoms in total. The van der Waals surface area contributed by atoms with Gasteiger partial charge in [0, 0.05) is 18.9 Å². The third-order valence-corrected chi connectivity index (χ3v) is 2.23. The second-order valence-corrected chi connectivity index (χ2v) is 3.17. The Balaban J connectivity index is 1.98. The molecule has 13 heavy (non-hydrogen) atoms. The monoisotopic (exact) mass is 183 g/mol. The SMILES string of the molecule is [2H]CO[C@H]1COC2=CC(N)=CCC2N1. The van der Waals surface area contributed by atoms with E-state index in [4.69, 9.17) is 16.6 Å². The first-order valence-corrected chi connectivity index (χ1v) is 4.26. The number of nitrogens with one attached hydrogen (secondary N) is 1. The molecule has 2 aliphatic rings.